The molecule has 0 atom stereocenters. The second-order valence-corrected chi connectivity index (χ2v) is 2.00. The summed E-state index contributed by atoms with van der Waals surface area (Å²) in [5, 5.41) is 8.15. The van der Waals surface area contributed by atoms with Crippen LogP contribution in [-0.4, -0.2) is 13.2 Å². The molecule has 58 valence electrons. The number of hydroxylamine groups is 1. The van der Waals surface area contributed by atoms with Crippen molar-refractivity contribution >= 4 is 0 Å². The molecule has 0 aromatic carbocycles. The molecule has 3 heteroatoms. The van der Waals surface area contributed by atoms with Crippen LogP contribution in [0.1, 0.15) is 26.2 Å². The normalized spacial score (nSPS) is 9.20. The van der Waals surface area contributed by atoms with E-state index in [0.29, 0.717) is 6.42 Å². The smallest absolute Gasteiger partial charge is 0.0679 e. The highest BCUT2D eigenvalue weighted by Crippen LogP contribution is 1.83. The van der Waals surface area contributed by atoms with Gasteiger partial charge in [-0.3, -0.25) is 0 Å². The molecule has 0 fully saturated rings. The molecular weight excluding hydrogens is 128 g/mol. The Hall–Kier alpha value is -0.590. The maximum absolute atomic E-state index is 8.15. The summed E-state index contributed by atoms with van der Waals surface area (Å²) in [5.74, 6) is 0. The van der Waals surface area contributed by atoms with Gasteiger partial charge in [-0.1, -0.05) is 6.92 Å². The Morgan fingerprint density at radius 3 is 3.00 bits per heavy atom. The number of hydrogen-bond donors (Lipinski definition) is 1. The van der Waals surface area contributed by atoms with E-state index in [1.807, 2.05) is 0 Å². The van der Waals surface area contributed by atoms with Gasteiger partial charge in [0.05, 0.1) is 12.7 Å². The molecule has 1 N–H and O–H groups in total. The highest BCUT2D eigenvalue weighted by molar-refractivity contribution is 4.67. The lowest BCUT2D eigenvalue weighted by Gasteiger charge is -2.01. The molecule has 0 saturated heterocycles. The number of nitriles is 1. The fourth-order valence-electron chi connectivity index (χ4n) is 0.486. The summed E-state index contributed by atoms with van der Waals surface area (Å²) < 4.78 is 0. The standard InChI is InChI=1S/C7H14N2O/c1-2-7-10-9-6-4-3-5-8/h9H,2-4,6-7H2,1H3. The Kier molecular flexibility index (Phi) is 7.91. The fraction of sp³-hybridized carbons (Fsp3) is 0.857. The highest BCUT2D eigenvalue weighted by atomic mass is 16.6. The predicted octanol–water partition coefficient (Wildman–Crippen LogP) is 1.22. The first-order valence-corrected chi connectivity index (χ1v) is 3.63. The van der Waals surface area contributed by atoms with Gasteiger partial charge in [0, 0.05) is 13.0 Å². The third-order valence-corrected chi connectivity index (χ3v) is 0.976. The van der Waals surface area contributed by atoms with Gasteiger partial charge < -0.3 is 4.84 Å². The van der Waals surface area contributed by atoms with Gasteiger partial charge in [0.15, 0.2) is 0 Å². The molecule has 0 aliphatic rings. The van der Waals surface area contributed by atoms with Gasteiger partial charge in [0.2, 0.25) is 0 Å². The SMILES string of the molecule is CCCONCCCC#N. The second-order valence-electron chi connectivity index (χ2n) is 2.00. The van der Waals surface area contributed by atoms with Crippen molar-refractivity contribution in [2.75, 3.05) is 13.2 Å². The molecule has 0 saturated carbocycles. The van der Waals surface area contributed by atoms with Crippen LogP contribution in [0.5, 0.6) is 0 Å². The van der Waals surface area contributed by atoms with Crippen molar-refractivity contribution in [2.45, 2.75) is 26.2 Å². The highest BCUT2D eigenvalue weighted by Gasteiger charge is 1.85. The van der Waals surface area contributed by atoms with Crippen LogP contribution < -0.4 is 5.48 Å². The summed E-state index contributed by atoms with van der Waals surface area (Å²) in [5.41, 5.74) is 2.77. The van der Waals surface area contributed by atoms with E-state index in [0.717, 1.165) is 26.0 Å². The molecule has 0 radical (unpaired) electrons. The summed E-state index contributed by atoms with van der Waals surface area (Å²) in [6.45, 7) is 3.57. The van der Waals surface area contributed by atoms with E-state index in [1.54, 1.807) is 0 Å². The lowest BCUT2D eigenvalue weighted by atomic mass is 10.3. The van der Waals surface area contributed by atoms with E-state index in [4.69, 9.17) is 10.1 Å². The Morgan fingerprint density at radius 1 is 1.60 bits per heavy atom. The van der Waals surface area contributed by atoms with Crippen LogP contribution in [0, 0.1) is 11.3 Å². The molecule has 0 aromatic rings. The number of nitrogens with zero attached hydrogens (tertiary/aromatic N) is 1. The van der Waals surface area contributed by atoms with Crippen LogP contribution in [0.4, 0.5) is 0 Å². The summed E-state index contributed by atoms with van der Waals surface area (Å²) in [6.07, 6.45) is 2.48. The molecule has 0 aliphatic carbocycles. The minimum absolute atomic E-state index is 0.600. The zero-order valence-corrected chi connectivity index (χ0v) is 6.39. The zero-order chi connectivity index (χ0) is 7.66. The summed E-state index contributed by atoms with van der Waals surface area (Å²) >= 11 is 0. The van der Waals surface area contributed by atoms with Gasteiger partial charge in [-0.25, -0.2) is 5.48 Å². The Morgan fingerprint density at radius 2 is 2.40 bits per heavy atom. The molecule has 0 heterocycles. The van der Waals surface area contributed by atoms with Crippen molar-refractivity contribution in [1.82, 2.24) is 5.48 Å². The maximum atomic E-state index is 8.15. The lowest BCUT2D eigenvalue weighted by molar-refractivity contribution is 0.0414. The molecule has 0 rings (SSSR count). The van der Waals surface area contributed by atoms with Crippen LogP contribution in [0.3, 0.4) is 0 Å². The van der Waals surface area contributed by atoms with Crippen LogP contribution in [0.25, 0.3) is 0 Å². The van der Waals surface area contributed by atoms with Gasteiger partial charge in [0.25, 0.3) is 0 Å². The average Bonchev–Trinajstić information content (AvgIpc) is 1.97. The minimum atomic E-state index is 0.600. The Bertz CT molecular complexity index is 98.3. The Labute approximate surface area is 61.9 Å². The number of rotatable bonds is 6. The first-order valence-electron chi connectivity index (χ1n) is 3.63. The van der Waals surface area contributed by atoms with Crippen molar-refractivity contribution in [3.63, 3.8) is 0 Å². The summed E-state index contributed by atoms with van der Waals surface area (Å²) in [4.78, 5) is 4.97. The van der Waals surface area contributed by atoms with E-state index in [9.17, 15) is 0 Å². The molecule has 10 heavy (non-hydrogen) atoms. The molecule has 0 aromatic heterocycles. The molecule has 0 spiro atoms. The summed E-state index contributed by atoms with van der Waals surface area (Å²) in [7, 11) is 0. The van der Waals surface area contributed by atoms with E-state index in [-0.39, 0.29) is 0 Å². The van der Waals surface area contributed by atoms with Crippen LogP contribution in [0.2, 0.25) is 0 Å². The molecular formula is C7H14N2O. The lowest BCUT2D eigenvalue weighted by Crippen LogP contribution is -2.16. The van der Waals surface area contributed by atoms with E-state index in [1.165, 1.54) is 0 Å². The summed E-state index contributed by atoms with van der Waals surface area (Å²) in [6, 6.07) is 2.06. The molecule has 0 aliphatic heterocycles. The monoisotopic (exact) mass is 142 g/mol. The topological polar surface area (TPSA) is 45.0 Å². The first-order chi connectivity index (χ1) is 4.91. The molecule has 0 bridgehead atoms. The quantitative estimate of drug-likeness (QED) is 0.448. The minimum Gasteiger partial charge on any atom is -0.302 e. The van der Waals surface area contributed by atoms with Crippen LogP contribution >= 0.6 is 0 Å². The van der Waals surface area contributed by atoms with Gasteiger partial charge in [0.1, 0.15) is 0 Å². The second kappa shape index (κ2) is 8.41. The van der Waals surface area contributed by atoms with Crippen molar-refractivity contribution in [3.8, 4) is 6.07 Å². The maximum Gasteiger partial charge on any atom is 0.0679 e. The van der Waals surface area contributed by atoms with Crippen molar-refractivity contribution < 1.29 is 4.84 Å². The third kappa shape index (κ3) is 7.41. The van der Waals surface area contributed by atoms with Crippen molar-refractivity contribution in [2.24, 2.45) is 0 Å². The number of unbranched alkanes of at least 4 members (excludes halogenated alkanes) is 1. The predicted molar refractivity (Wildman–Crippen MR) is 39.1 cm³/mol. The van der Waals surface area contributed by atoms with Gasteiger partial charge in [-0.05, 0) is 12.8 Å². The van der Waals surface area contributed by atoms with Crippen LogP contribution in [-0.2, 0) is 4.84 Å². The fourth-order valence-corrected chi connectivity index (χ4v) is 0.486. The first kappa shape index (κ1) is 9.41. The zero-order valence-electron chi connectivity index (χ0n) is 6.39. The van der Waals surface area contributed by atoms with E-state index in [2.05, 4.69) is 18.5 Å². The average molecular weight is 142 g/mol. The largest absolute Gasteiger partial charge is 0.302 e. The van der Waals surface area contributed by atoms with Crippen LogP contribution in [0.15, 0.2) is 0 Å². The molecule has 3 nitrogen and oxygen atoms in total. The molecule has 0 unspecified atom stereocenters. The third-order valence-electron chi connectivity index (χ3n) is 0.976. The van der Waals surface area contributed by atoms with E-state index >= 15 is 0 Å². The van der Waals surface area contributed by atoms with Crippen molar-refractivity contribution in [1.29, 1.82) is 5.26 Å². The van der Waals surface area contributed by atoms with Gasteiger partial charge >= 0.3 is 0 Å². The van der Waals surface area contributed by atoms with Crippen molar-refractivity contribution in [3.05, 3.63) is 0 Å². The Balaban J connectivity index is 2.72. The van der Waals surface area contributed by atoms with Gasteiger partial charge in [-0.2, -0.15) is 5.26 Å². The van der Waals surface area contributed by atoms with Gasteiger partial charge in [-0.15, -0.1) is 0 Å². The van der Waals surface area contributed by atoms with E-state index < -0.39 is 0 Å². The number of hydrogen-bond acceptors (Lipinski definition) is 3. The number of nitrogens with one attached hydrogen (secondary N) is 1. The molecule has 0 amide bonds.